The molecule has 0 aliphatic rings. The van der Waals surface area contributed by atoms with Crippen molar-refractivity contribution in [2.75, 3.05) is 5.32 Å². The van der Waals surface area contributed by atoms with E-state index >= 15 is 0 Å². The molecule has 0 unspecified atom stereocenters. The molecule has 0 fully saturated rings. The lowest BCUT2D eigenvalue weighted by Crippen LogP contribution is -2.02. The van der Waals surface area contributed by atoms with Gasteiger partial charge in [0.15, 0.2) is 0 Å². The number of benzene rings is 1. The largest absolute Gasteiger partial charge is 0.506 e. The summed E-state index contributed by atoms with van der Waals surface area (Å²) in [5.41, 5.74) is 4.56. The third kappa shape index (κ3) is 2.54. The van der Waals surface area contributed by atoms with Gasteiger partial charge in [0.2, 0.25) is 0 Å². The van der Waals surface area contributed by atoms with Crippen LogP contribution in [0.15, 0.2) is 30.3 Å². The Labute approximate surface area is 123 Å². The Kier molecular flexibility index (Phi) is 3.25. The lowest BCUT2D eigenvalue weighted by atomic mass is 10.2. The van der Waals surface area contributed by atoms with E-state index < -0.39 is 0 Å². The van der Waals surface area contributed by atoms with Crippen molar-refractivity contribution in [3.63, 3.8) is 0 Å². The molecule has 21 heavy (non-hydrogen) atoms. The van der Waals surface area contributed by atoms with Gasteiger partial charge in [0, 0.05) is 18.4 Å². The fourth-order valence-corrected chi connectivity index (χ4v) is 2.35. The minimum absolute atomic E-state index is 0.211. The zero-order chi connectivity index (χ0) is 15.0. The molecule has 2 heterocycles. The highest BCUT2D eigenvalue weighted by molar-refractivity contribution is 5.80. The zero-order valence-corrected chi connectivity index (χ0v) is 12.4. The maximum Gasteiger partial charge on any atom is 0.138 e. The van der Waals surface area contributed by atoms with E-state index in [0.29, 0.717) is 12.2 Å². The summed E-state index contributed by atoms with van der Waals surface area (Å²) in [6.45, 7) is 4.37. The molecule has 0 atom stereocenters. The van der Waals surface area contributed by atoms with Gasteiger partial charge in [-0.3, -0.25) is 4.98 Å². The topological polar surface area (TPSA) is 63.0 Å². The lowest BCUT2D eigenvalue weighted by molar-refractivity contribution is 0.464. The van der Waals surface area contributed by atoms with Crippen molar-refractivity contribution in [1.29, 1.82) is 0 Å². The summed E-state index contributed by atoms with van der Waals surface area (Å²) in [4.78, 5) is 8.85. The number of hydrogen-bond acceptors (Lipinski definition) is 4. The van der Waals surface area contributed by atoms with Gasteiger partial charge >= 0.3 is 0 Å². The maximum atomic E-state index is 9.81. The van der Waals surface area contributed by atoms with Gasteiger partial charge in [0.05, 0.1) is 17.6 Å². The first-order valence-corrected chi connectivity index (χ1v) is 6.87. The Balaban J connectivity index is 1.83. The molecule has 0 aliphatic carbocycles. The second-order valence-corrected chi connectivity index (χ2v) is 5.19. The third-order valence-electron chi connectivity index (χ3n) is 3.65. The maximum absolute atomic E-state index is 9.81. The van der Waals surface area contributed by atoms with Gasteiger partial charge in [-0.15, -0.1) is 0 Å². The lowest BCUT2D eigenvalue weighted by Gasteiger charge is -2.08. The number of aryl methyl sites for hydroxylation is 3. The number of rotatable bonds is 3. The predicted octanol–water partition coefficient (Wildman–Crippen LogP) is 2.90. The number of imidazole rings is 1. The van der Waals surface area contributed by atoms with Gasteiger partial charge in [0.1, 0.15) is 17.3 Å². The van der Waals surface area contributed by atoms with E-state index in [1.165, 1.54) is 0 Å². The van der Waals surface area contributed by atoms with Crippen LogP contribution in [0.3, 0.4) is 0 Å². The minimum Gasteiger partial charge on any atom is -0.506 e. The van der Waals surface area contributed by atoms with E-state index in [-0.39, 0.29) is 5.75 Å². The van der Waals surface area contributed by atoms with E-state index in [9.17, 15) is 5.11 Å². The van der Waals surface area contributed by atoms with Gasteiger partial charge in [-0.25, -0.2) is 4.98 Å². The molecule has 0 saturated heterocycles. The highest BCUT2D eigenvalue weighted by Gasteiger charge is 2.06. The van der Waals surface area contributed by atoms with Crippen LogP contribution < -0.4 is 5.32 Å². The van der Waals surface area contributed by atoms with Gasteiger partial charge < -0.3 is 15.0 Å². The smallest absolute Gasteiger partial charge is 0.138 e. The normalized spacial score (nSPS) is 11.0. The first-order valence-electron chi connectivity index (χ1n) is 6.87. The number of hydrogen-bond donors (Lipinski definition) is 2. The van der Waals surface area contributed by atoms with Crippen LogP contribution in [0.2, 0.25) is 0 Å². The summed E-state index contributed by atoms with van der Waals surface area (Å²) in [7, 11) is 2.01. The summed E-state index contributed by atoms with van der Waals surface area (Å²) in [6, 6.07) is 9.53. The molecule has 0 aliphatic heterocycles. The Morgan fingerprint density at radius 1 is 1.14 bits per heavy atom. The van der Waals surface area contributed by atoms with Gasteiger partial charge in [-0.1, -0.05) is 0 Å². The molecule has 5 heteroatoms. The van der Waals surface area contributed by atoms with Crippen molar-refractivity contribution >= 4 is 16.7 Å². The number of pyridine rings is 1. The number of aromatic hydroxyl groups is 1. The van der Waals surface area contributed by atoms with Crippen LogP contribution >= 0.6 is 0 Å². The molecule has 3 rings (SSSR count). The molecule has 0 saturated carbocycles. The first kappa shape index (κ1) is 13.4. The van der Waals surface area contributed by atoms with Crippen LogP contribution in [0.1, 0.15) is 17.2 Å². The van der Waals surface area contributed by atoms with Crippen molar-refractivity contribution in [3.05, 3.63) is 47.5 Å². The molecular weight excluding hydrogens is 264 g/mol. The summed E-state index contributed by atoms with van der Waals surface area (Å²) in [5, 5.41) is 13.1. The summed E-state index contributed by atoms with van der Waals surface area (Å²) >= 11 is 0. The van der Waals surface area contributed by atoms with E-state index in [2.05, 4.69) is 19.9 Å². The second-order valence-electron chi connectivity index (χ2n) is 5.19. The van der Waals surface area contributed by atoms with E-state index in [0.717, 1.165) is 28.2 Å². The summed E-state index contributed by atoms with van der Waals surface area (Å²) < 4.78 is 2.06. The second kappa shape index (κ2) is 5.09. The van der Waals surface area contributed by atoms with E-state index in [1.807, 2.05) is 39.1 Å². The monoisotopic (exact) mass is 282 g/mol. The van der Waals surface area contributed by atoms with Crippen LogP contribution in [0.4, 0.5) is 5.69 Å². The van der Waals surface area contributed by atoms with Crippen molar-refractivity contribution < 1.29 is 5.11 Å². The SMILES string of the molecule is Cc1ccc(O)c(CNc2ccc3c(c2)nc(C)n3C)n1. The van der Waals surface area contributed by atoms with Crippen molar-refractivity contribution in [1.82, 2.24) is 14.5 Å². The van der Waals surface area contributed by atoms with Gasteiger partial charge in [-0.2, -0.15) is 0 Å². The highest BCUT2D eigenvalue weighted by Crippen LogP contribution is 2.21. The Bertz CT molecular complexity index is 807. The van der Waals surface area contributed by atoms with Crippen molar-refractivity contribution in [2.24, 2.45) is 7.05 Å². The third-order valence-corrected chi connectivity index (χ3v) is 3.65. The first-order chi connectivity index (χ1) is 10.0. The molecule has 108 valence electrons. The standard InChI is InChI=1S/C16H18N4O/c1-10-4-7-16(21)14(18-10)9-17-12-5-6-15-13(8-12)19-11(2)20(15)3/h4-8,17,21H,9H2,1-3H3. The minimum atomic E-state index is 0.211. The molecule has 2 N–H and O–H groups in total. The molecule has 1 aromatic carbocycles. The summed E-state index contributed by atoms with van der Waals surface area (Å²) in [5.74, 6) is 1.20. The van der Waals surface area contributed by atoms with Gasteiger partial charge in [0.25, 0.3) is 0 Å². The van der Waals surface area contributed by atoms with E-state index in [1.54, 1.807) is 12.1 Å². The number of aromatic nitrogens is 3. The zero-order valence-electron chi connectivity index (χ0n) is 12.4. The molecule has 5 nitrogen and oxygen atoms in total. The summed E-state index contributed by atoms with van der Waals surface area (Å²) in [6.07, 6.45) is 0. The number of anilines is 1. The predicted molar refractivity (Wildman–Crippen MR) is 83.4 cm³/mol. The molecule has 0 radical (unpaired) electrons. The Hall–Kier alpha value is -2.56. The fourth-order valence-electron chi connectivity index (χ4n) is 2.35. The average Bonchev–Trinajstić information content (AvgIpc) is 2.75. The number of nitrogens with zero attached hydrogens (tertiary/aromatic N) is 3. The van der Waals surface area contributed by atoms with Gasteiger partial charge in [-0.05, 0) is 44.2 Å². The van der Waals surface area contributed by atoms with Crippen LogP contribution in [-0.4, -0.2) is 19.6 Å². The quantitative estimate of drug-likeness (QED) is 0.775. The van der Waals surface area contributed by atoms with Crippen LogP contribution in [0.5, 0.6) is 5.75 Å². The number of nitrogens with one attached hydrogen (secondary N) is 1. The molecule has 0 amide bonds. The number of fused-ring (bicyclic) bond motifs is 1. The average molecular weight is 282 g/mol. The molecule has 3 aromatic rings. The Morgan fingerprint density at radius 2 is 1.95 bits per heavy atom. The van der Waals surface area contributed by atoms with Crippen molar-refractivity contribution in [3.8, 4) is 5.75 Å². The van der Waals surface area contributed by atoms with Crippen molar-refractivity contribution in [2.45, 2.75) is 20.4 Å². The molecule has 0 spiro atoms. The Morgan fingerprint density at radius 3 is 2.76 bits per heavy atom. The van der Waals surface area contributed by atoms with Crippen LogP contribution in [-0.2, 0) is 13.6 Å². The van der Waals surface area contributed by atoms with E-state index in [4.69, 9.17) is 0 Å². The molecule has 0 bridgehead atoms. The fraction of sp³-hybridized carbons (Fsp3) is 0.250. The van der Waals surface area contributed by atoms with Crippen LogP contribution in [0.25, 0.3) is 11.0 Å². The highest BCUT2D eigenvalue weighted by atomic mass is 16.3. The molecular formula is C16H18N4O. The van der Waals surface area contributed by atoms with Crippen LogP contribution in [0, 0.1) is 13.8 Å². The molecule has 2 aromatic heterocycles.